The summed E-state index contributed by atoms with van der Waals surface area (Å²) in [6.45, 7) is 8.22. The van der Waals surface area contributed by atoms with Gasteiger partial charge in [-0.1, -0.05) is 39.3 Å². The summed E-state index contributed by atoms with van der Waals surface area (Å²) in [6.07, 6.45) is 1.63. The molecule has 86 valence electrons. The first-order valence-electron chi connectivity index (χ1n) is 5.38. The zero-order valence-electron chi connectivity index (χ0n) is 10.0. The van der Waals surface area contributed by atoms with Crippen molar-refractivity contribution in [1.29, 1.82) is 0 Å². The van der Waals surface area contributed by atoms with Crippen LogP contribution in [0.3, 0.4) is 0 Å². The van der Waals surface area contributed by atoms with Crippen LogP contribution in [0, 0.1) is 0 Å². The lowest BCUT2D eigenvalue weighted by Gasteiger charge is -2.16. The van der Waals surface area contributed by atoms with Gasteiger partial charge in [0.05, 0.1) is 5.69 Å². The van der Waals surface area contributed by atoms with Crippen LogP contribution in [0.15, 0.2) is 17.1 Å². The number of halogens is 1. The number of isocyanates is 1. The second-order valence-electron chi connectivity index (χ2n) is 4.45. The fourth-order valence-corrected chi connectivity index (χ4v) is 1.93. The fourth-order valence-electron chi connectivity index (χ4n) is 1.70. The number of hydrogen-bond acceptors (Lipinski definition) is 2. The Balaban J connectivity index is 3.53. The van der Waals surface area contributed by atoms with E-state index in [9.17, 15) is 4.79 Å². The molecular weight excluding hydrogens is 222 g/mol. The maximum absolute atomic E-state index is 10.5. The van der Waals surface area contributed by atoms with Gasteiger partial charge < -0.3 is 0 Å². The molecule has 0 fully saturated rings. The van der Waals surface area contributed by atoms with Crippen LogP contribution in [-0.2, 0) is 4.79 Å². The van der Waals surface area contributed by atoms with Crippen molar-refractivity contribution in [3.05, 3.63) is 28.3 Å². The van der Waals surface area contributed by atoms with E-state index in [0.29, 0.717) is 5.02 Å². The summed E-state index contributed by atoms with van der Waals surface area (Å²) in [4.78, 5) is 14.3. The van der Waals surface area contributed by atoms with Crippen LogP contribution in [0.25, 0.3) is 0 Å². The number of benzene rings is 1. The van der Waals surface area contributed by atoms with Gasteiger partial charge in [-0.15, -0.1) is 0 Å². The summed E-state index contributed by atoms with van der Waals surface area (Å²) in [5, 5.41) is 0.692. The van der Waals surface area contributed by atoms with Gasteiger partial charge in [0.2, 0.25) is 6.08 Å². The summed E-state index contributed by atoms with van der Waals surface area (Å²) < 4.78 is 0. The highest BCUT2D eigenvalue weighted by Gasteiger charge is 2.14. The van der Waals surface area contributed by atoms with Crippen molar-refractivity contribution in [2.75, 3.05) is 0 Å². The van der Waals surface area contributed by atoms with Gasteiger partial charge >= 0.3 is 0 Å². The van der Waals surface area contributed by atoms with Crippen LogP contribution in [0.4, 0.5) is 5.69 Å². The second kappa shape index (κ2) is 5.29. The minimum Gasteiger partial charge on any atom is -0.211 e. The van der Waals surface area contributed by atoms with Gasteiger partial charge in [0.1, 0.15) is 0 Å². The Labute approximate surface area is 101 Å². The number of aliphatic imine (C=N–C) groups is 1. The first kappa shape index (κ1) is 13.0. The highest BCUT2D eigenvalue weighted by atomic mass is 35.5. The number of hydrogen-bond donors (Lipinski definition) is 0. The normalized spacial score (nSPS) is 10.7. The van der Waals surface area contributed by atoms with E-state index in [0.717, 1.165) is 16.8 Å². The SMILES string of the molecule is CC(C)c1cc(Cl)cc(C(C)C)c1N=C=O. The molecule has 0 saturated heterocycles. The smallest absolute Gasteiger partial charge is 0.211 e. The molecule has 0 atom stereocenters. The van der Waals surface area contributed by atoms with Crippen LogP contribution >= 0.6 is 11.6 Å². The predicted molar refractivity (Wildman–Crippen MR) is 67.4 cm³/mol. The average Bonchev–Trinajstić information content (AvgIpc) is 2.19. The molecule has 0 aromatic heterocycles. The summed E-state index contributed by atoms with van der Waals surface area (Å²) in [5.41, 5.74) is 2.73. The minimum atomic E-state index is 0.281. The van der Waals surface area contributed by atoms with Crippen molar-refractivity contribution in [3.8, 4) is 0 Å². The molecule has 0 aliphatic heterocycles. The molecule has 0 saturated carbocycles. The lowest BCUT2D eigenvalue weighted by atomic mass is 9.93. The fraction of sp³-hybridized carbons (Fsp3) is 0.462. The Bertz CT molecular complexity index is 403. The van der Waals surface area contributed by atoms with Crippen molar-refractivity contribution in [2.45, 2.75) is 39.5 Å². The Morgan fingerprint density at radius 3 is 1.88 bits per heavy atom. The molecule has 2 nitrogen and oxygen atoms in total. The highest BCUT2D eigenvalue weighted by Crippen LogP contribution is 2.36. The summed E-state index contributed by atoms with van der Waals surface area (Å²) in [6, 6.07) is 3.74. The van der Waals surface area contributed by atoms with E-state index < -0.39 is 0 Å². The molecule has 0 unspecified atom stereocenters. The molecule has 16 heavy (non-hydrogen) atoms. The molecule has 0 N–H and O–H groups in total. The van der Waals surface area contributed by atoms with E-state index >= 15 is 0 Å². The van der Waals surface area contributed by atoms with Crippen molar-refractivity contribution < 1.29 is 4.79 Å². The van der Waals surface area contributed by atoms with E-state index in [2.05, 4.69) is 32.7 Å². The standard InChI is InChI=1S/C13H16ClNO/c1-8(2)11-5-10(14)6-12(9(3)4)13(11)15-7-16/h5-6,8-9H,1-4H3. The van der Waals surface area contributed by atoms with Crippen molar-refractivity contribution in [1.82, 2.24) is 0 Å². The topological polar surface area (TPSA) is 29.4 Å². The zero-order valence-corrected chi connectivity index (χ0v) is 10.8. The summed E-state index contributed by atoms with van der Waals surface area (Å²) >= 11 is 6.07. The lowest BCUT2D eigenvalue weighted by molar-refractivity contribution is 0.565. The van der Waals surface area contributed by atoms with E-state index in [-0.39, 0.29) is 11.8 Å². The van der Waals surface area contributed by atoms with E-state index in [1.807, 2.05) is 12.1 Å². The molecule has 1 aromatic carbocycles. The Hall–Kier alpha value is -1.11. The van der Waals surface area contributed by atoms with Gasteiger partial charge in [-0.25, -0.2) is 4.79 Å². The predicted octanol–water partition coefficient (Wildman–Crippen LogP) is 4.55. The van der Waals surface area contributed by atoms with Crippen LogP contribution < -0.4 is 0 Å². The molecule has 0 heterocycles. The lowest BCUT2D eigenvalue weighted by Crippen LogP contribution is -1.95. The number of carbonyl (C=O) groups excluding carboxylic acids is 1. The third-order valence-corrected chi connectivity index (χ3v) is 2.75. The van der Waals surface area contributed by atoms with Crippen molar-refractivity contribution in [2.24, 2.45) is 4.99 Å². The van der Waals surface area contributed by atoms with Crippen LogP contribution in [0.2, 0.25) is 5.02 Å². The first-order valence-corrected chi connectivity index (χ1v) is 5.76. The molecular formula is C13H16ClNO. The van der Waals surface area contributed by atoms with Crippen molar-refractivity contribution in [3.63, 3.8) is 0 Å². The Morgan fingerprint density at radius 1 is 1.12 bits per heavy atom. The van der Waals surface area contributed by atoms with E-state index in [4.69, 9.17) is 11.6 Å². The van der Waals surface area contributed by atoms with Gasteiger partial charge in [-0.3, -0.25) is 0 Å². The van der Waals surface area contributed by atoms with Crippen LogP contribution in [0.1, 0.15) is 50.7 Å². The van der Waals surface area contributed by atoms with Gasteiger partial charge in [-0.05, 0) is 35.1 Å². The third kappa shape index (κ3) is 2.72. The monoisotopic (exact) mass is 237 g/mol. The molecule has 0 spiro atoms. The van der Waals surface area contributed by atoms with Gasteiger partial charge in [0.15, 0.2) is 0 Å². The van der Waals surface area contributed by atoms with Gasteiger partial charge in [-0.2, -0.15) is 4.99 Å². The van der Waals surface area contributed by atoms with Gasteiger partial charge in [0, 0.05) is 5.02 Å². The number of nitrogens with zero attached hydrogens (tertiary/aromatic N) is 1. The Morgan fingerprint density at radius 2 is 1.56 bits per heavy atom. The molecule has 1 aromatic rings. The van der Waals surface area contributed by atoms with E-state index in [1.54, 1.807) is 6.08 Å². The third-order valence-electron chi connectivity index (χ3n) is 2.54. The zero-order chi connectivity index (χ0) is 12.3. The average molecular weight is 238 g/mol. The summed E-state index contributed by atoms with van der Waals surface area (Å²) in [7, 11) is 0. The molecule has 0 aliphatic carbocycles. The maximum Gasteiger partial charge on any atom is 0.240 e. The molecule has 0 bridgehead atoms. The molecule has 1 rings (SSSR count). The summed E-state index contributed by atoms with van der Waals surface area (Å²) in [5.74, 6) is 0.562. The van der Waals surface area contributed by atoms with Gasteiger partial charge in [0.25, 0.3) is 0 Å². The maximum atomic E-state index is 10.5. The second-order valence-corrected chi connectivity index (χ2v) is 4.88. The molecule has 0 aliphatic rings. The highest BCUT2D eigenvalue weighted by molar-refractivity contribution is 6.30. The molecule has 3 heteroatoms. The van der Waals surface area contributed by atoms with Crippen LogP contribution in [0.5, 0.6) is 0 Å². The Kier molecular flexibility index (Phi) is 4.28. The minimum absolute atomic E-state index is 0.281. The largest absolute Gasteiger partial charge is 0.240 e. The number of rotatable bonds is 3. The quantitative estimate of drug-likeness (QED) is 0.560. The molecule has 0 amide bonds. The first-order chi connectivity index (χ1) is 7.47. The molecule has 0 radical (unpaired) electrons. The van der Waals surface area contributed by atoms with Crippen molar-refractivity contribution >= 4 is 23.4 Å². The van der Waals surface area contributed by atoms with Crippen LogP contribution in [-0.4, -0.2) is 6.08 Å². The van der Waals surface area contributed by atoms with E-state index in [1.165, 1.54) is 0 Å².